The smallest absolute Gasteiger partial charge is 0.341 e. The average molecular weight is 647 g/mol. The summed E-state index contributed by atoms with van der Waals surface area (Å²) in [4.78, 5) is 44.6. The van der Waals surface area contributed by atoms with Gasteiger partial charge < -0.3 is 25.0 Å². The molecule has 2 rings (SSSR count). The van der Waals surface area contributed by atoms with Crippen molar-refractivity contribution in [2.45, 2.75) is 45.7 Å². The highest BCUT2D eigenvalue weighted by Crippen LogP contribution is 2.23. The Labute approximate surface area is 277 Å². The lowest BCUT2D eigenvalue weighted by Gasteiger charge is -2.24. The number of aliphatic carboxylic acids is 1. The van der Waals surface area contributed by atoms with Crippen molar-refractivity contribution in [3.63, 3.8) is 0 Å². The van der Waals surface area contributed by atoms with Crippen LogP contribution in [0.2, 0.25) is 0 Å². The molecular weight excluding hydrogens is 600 g/mol. The molecule has 46 heavy (non-hydrogen) atoms. The van der Waals surface area contributed by atoms with Crippen LogP contribution in [0.25, 0.3) is 5.57 Å². The molecule has 0 unspecified atom stereocenters. The first-order valence-electron chi connectivity index (χ1n) is 15.1. The highest BCUT2D eigenvalue weighted by Gasteiger charge is 2.18. The van der Waals surface area contributed by atoms with Gasteiger partial charge in [0.1, 0.15) is 10.8 Å². The molecule has 1 heterocycles. The largest absolute Gasteiger partial charge is 0.482 e. The first kappa shape index (κ1) is 37.6. The first-order chi connectivity index (χ1) is 22.1. The molecule has 1 aromatic carbocycles. The van der Waals surface area contributed by atoms with Crippen molar-refractivity contribution >= 4 is 34.7 Å². The maximum atomic E-state index is 13.1. The van der Waals surface area contributed by atoms with Gasteiger partial charge in [0.15, 0.2) is 6.61 Å². The number of carbonyl (C=O) groups is 3. The minimum absolute atomic E-state index is 0.0441. The first-order valence-corrected chi connectivity index (χ1v) is 16.0. The number of allylic oxidation sites excluding steroid dienone is 9. The number of carboxylic acid groups (broad SMARTS) is 1. The average Bonchev–Trinajstić information content (AvgIpc) is 3.48. The lowest BCUT2D eigenvalue weighted by molar-refractivity contribution is -0.139. The Bertz CT molecular complexity index is 1420. The number of rotatable bonds is 21. The quantitative estimate of drug-likeness (QED) is 0.123. The molecule has 0 saturated heterocycles. The van der Waals surface area contributed by atoms with Gasteiger partial charge in [0, 0.05) is 30.5 Å². The van der Waals surface area contributed by atoms with E-state index in [1.807, 2.05) is 86.0 Å². The van der Waals surface area contributed by atoms with E-state index < -0.39 is 12.6 Å². The molecule has 9 nitrogen and oxygen atoms in total. The van der Waals surface area contributed by atoms with Crippen LogP contribution in [0.1, 0.15) is 48.9 Å². The summed E-state index contributed by atoms with van der Waals surface area (Å²) in [6.07, 6.45) is 18.1. The van der Waals surface area contributed by atoms with Crippen LogP contribution < -0.4 is 10.1 Å². The molecule has 0 spiro atoms. The van der Waals surface area contributed by atoms with Crippen LogP contribution in [0.3, 0.4) is 0 Å². The Morgan fingerprint density at radius 2 is 1.85 bits per heavy atom. The Balaban J connectivity index is 1.96. The summed E-state index contributed by atoms with van der Waals surface area (Å²) < 4.78 is 5.21. The molecule has 0 aliphatic heterocycles. The molecular formula is C36H46N4O5S. The van der Waals surface area contributed by atoms with Crippen LogP contribution in [0.15, 0.2) is 97.0 Å². The van der Waals surface area contributed by atoms with E-state index in [0.29, 0.717) is 25.4 Å². The molecule has 2 aromatic rings. The standard InChI is InChI=1S/C36H46N4O5S/c1-6-8-9-14-28(3)15-10-11-22-37-33(41)17-12-16-30(13-7-2)36-38-31(27-46-36)24-40(34(42)25-39(4)5)23-29-18-20-32(21-19-29)45-26-35(43)44/h6-9,12-14,16,18-21,27H,2-3,10-11,15,17,22-26H2,1,4-5H3,(H,37,41)(H,43,44)/b8-6-,14-9-,16-12-,30-13+. The number of nitrogens with one attached hydrogen (secondary N) is 1. The van der Waals surface area contributed by atoms with Crippen molar-refractivity contribution < 1.29 is 24.2 Å². The van der Waals surface area contributed by atoms with E-state index in [1.54, 1.807) is 23.1 Å². The number of nitrogens with zero attached hydrogens (tertiary/aromatic N) is 3. The number of likely N-dealkylation sites (N-methyl/N-ethyl adjacent to an activating group) is 1. The van der Waals surface area contributed by atoms with Crippen molar-refractivity contribution in [1.29, 1.82) is 0 Å². The monoisotopic (exact) mass is 646 g/mol. The molecule has 0 atom stereocenters. The Hall–Kier alpha value is -4.54. The fourth-order valence-corrected chi connectivity index (χ4v) is 4.97. The van der Waals surface area contributed by atoms with Gasteiger partial charge in [-0.15, -0.1) is 11.3 Å². The Kier molecular flexibility index (Phi) is 17.4. The fourth-order valence-electron chi connectivity index (χ4n) is 4.15. The third kappa shape index (κ3) is 15.5. The van der Waals surface area contributed by atoms with Gasteiger partial charge in [-0.25, -0.2) is 9.78 Å². The SMILES string of the molecule is C=C/C=C(\C=C/CC(=O)NCCCCC(=C)/C=C\C=C/C)c1nc(CN(Cc2ccc(OCC(=O)O)cc2)C(=O)CN(C)C)cs1. The predicted octanol–water partition coefficient (Wildman–Crippen LogP) is 6.19. The van der Waals surface area contributed by atoms with Gasteiger partial charge >= 0.3 is 5.97 Å². The number of hydrogen-bond donors (Lipinski definition) is 2. The second-order valence-electron chi connectivity index (χ2n) is 10.8. The highest BCUT2D eigenvalue weighted by molar-refractivity contribution is 7.10. The summed E-state index contributed by atoms with van der Waals surface area (Å²) >= 11 is 1.46. The van der Waals surface area contributed by atoms with Gasteiger partial charge in [-0.05, 0) is 58.0 Å². The van der Waals surface area contributed by atoms with Gasteiger partial charge in [-0.1, -0.05) is 79.5 Å². The number of benzene rings is 1. The molecule has 1 aromatic heterocycles. The van der Waals surface area contributed by atoms with E-state index in [1.165, 1.54) is 11.3 Å². The summed E-state index contributed by atoms with van der Waals surface area (Å²) in [5.74, 6) is -0.699. The van der Waals surface area contributed by atoms with Crippen LogP contribution in [0.4, 0.5) is 0 Å². The number of thiazole rings is 1. The zero-order chi connectivity index (χ0) is 33.7. The van der Waals surface area contributed by atoms with Gasteiger partial charge in [0.25, 0.3) is 0 Å². The number of ether oxygens (including phenoxy) is 1. The third-order valence-corrected chi connectivity index (χ3v) is 7.34. The van der Waals surface area contributed by atoms with Crippen molar-refractivity contribution in [2.24, 2.45) is 0 Å². The molecule has 2 amide bonds. The van der Waals surface area contributed by atoms with Crippen LogP contribution in [0, 0.1) is 0 Å². The van der Waals surface area contributed by atoms with Crippen molar-refractivity contribution in [2.75, 3.05) is 33.8 Å². The van der Waals surface area contributed by atoms with Gasteiger partial charge in [-0.3, -0.25) is 9.59 Å². The maximum absolute atomic E-state index is 13.1. The third-order valence-electron chi connectivity index (χ3n) is 6.40. The lowest BCUT2D eigenvalue weighted by Crippen LogP contribution is -2.37. The molecule has 0 aliphatic carbocycles. The zero-order valence-corrected chi connectivity index (χ0v) is 27.9. The minimum Gasteiger partial charge on any atom is -0.482 e. The number of hydrogen-bond acceptors (Lipinski definition) is 7. The van der Waals surface area contributed by atoms with E-state index in [4.69, 9.17) is 14.8 Å². The number of amides is 2. The predicted molar refractivity (Wildman–Crippen MR) is 186 cm³/mol. The van der Waals surface area contributed by atoms with E-state index >= 15 is 0 Å². The molecule has 0 fully saturated rings. The van der Waals surface area contributed by atoms with Gasteiger partial charge in [0.2, 0.25) is 11.8 Å². The van der Waals surface area contributed by atoms with Crippen molar-refractivity contribution in [3.05, 3.63) is 113 Å². The van der Waals surface area contributed by atoms with E-state index in [2.05, 4.69) is 18.5 Å². The number of carboxylic acids is 1. The van der Waals surface area contributed by atoms with E-state index in [-0.39, 0.29) is 24.8 Å². The van der Waals surface area contributed by atoms with Crippen LogP contribution in [-0.2, 0) is 27.5 Å². The highest BCUT2D eigenvalue weighted by atomic mass is 32.1. The van der Waals surface area contributed by atoms with Gasteiger partial charge in [0.05, 0.1) is 18.8 Å². The summed E-state index contributed by atoms with van der Waals surface area (Å²) in [5.41, 5.74) is 3.52. The summed E-state index contributed by atoms with van der Waals surface area (Å²) in [5, 5.41) is 14.5. The Morgan fingerprint density at radius 3 is 2.52 bits per heavy atom. The van der Waals surface area contributed by atoms with E-state index in [0.717, 1.165) is 46.7 Å². The summed E-state index contributed by atoms with van der Waals surface area (Å²) in [7, 11) is 3.68. The summed E-state index contributed by atoms with van der Waals surface area (Å²) in [6.45, 7) is 10.9. The second-order valence-corrected chi connectivity index (χ2v) is 11.6. The molecule has 10 heteroatoms. The van der Waals surface area contributed by atoms with Crippen LogP contribution in [-0.4, -0.2) is 71.5 Å². The van der Waals surface area contributed by atoms with E-state index in [9.17, 15) is 14.4 Å². The number of carbonyl (C=O) groups excluding carboxylic acids is 2. The lowest BCUT2D eigenvalue weighted by atomic mass is 10.1. The molecule has 0 radical (unpaired) electrons. The van der Waals surface area contributed by atoms with Crippen molar-refractivity contribution in [3.8, 4) is 5.75 Å². The topological polar surface area (TPSA) is 112 Å². The van der Waals surface area contributed by atoms with Crippen LogP contribution in [0.5, 0.6) is 5.75 Å². The van der Waals surface area contributed by atoms with Crippen molar-refractivity contribution in [1.82, 2.24) is 20.1 Å². The molecule has 0 aliphatic rings. The second kappa shape index (κ2) is 21.2. The normalized spacial score (nSPS) is 11.9. The van der Waals surface area contributed by atoms with Gasteiger partial charge in [-0.2, -0.15) is 0 Å². The zero-order valence-electron chi connectivity index (χ0n) is 27.1. The number of aromatic nitrogens is 1. The Morgan fingerprint density at radius 1 is 1.09 bits per heavy atom. The molecule has 0 bridgehead atoms. The summed E-state index contributed by atoms with van der Waals surface area (Å²) in [6, 6.07) is 7.01. The molecule has 246 valence electrons. The fraction of sp³-hybridized carbons (Fsp3) is 0.333. The molecule has 2 N–H and O–H groups in total. The number of unbranched alkanes of at least 4 members (excludes halogenated alkanes) is 1. The van der Waals surface area contributed by atoms with Crippen LogP contribution >= 0.6 is 11.3 Å². The molecule has 0 saturated carbocycles. The minimum atomic E-state index is -1.05. The maximum Gasteiger partial charge on any atom is 0.341 e.